The number of carbonyl (C=O) groups is 1. The van der Waals surface area contributed by atoms with Crippen molar-refractivity contribution < 1.29 is 19.0 Å². The van der Waals surface area contributed by atoms with Crippen molar-refractivity contribution in [1.29, 1.82) is 5.26 Å². The van der Waals surface area contributed by atoms with Crippen LogP contribution < -0.4 is 19.5 Å². The molecule has 0 aliphatic carbocycles. The first-order valence-electron chi connectivity index (χ1n) is 7.51. The fraction of sp³-hybridized carbons (Fsp3) is 0.158. The zero-order chi connectivity index (χ0) is 19.1. The quantitative estimate of drug-likeness (QED) is 0.567. The highest BCUT2D eigenvalue weighted by Crippen LogP contribution is 2.35. The van der Waals surface area contributed by atoms with Gasteiger partial charge >= 0.3 is 0 Å². The number of benzene rings is 2. The van der Waals surface area contributed by atoms with E-state index in [1.807, 2.05) is 12.1 Å². The largest absolute Gasteiger partial charge is 0.496 e. The molecule has 134 valence electrons. The Hall–Kier alpha value is -2.98. The van der Waals surface area contributed by atoms with Crippen LogP contribution in [-0.2, 0) is 4.79 Å². The van der Waals surface area contributed by atoms with Crippen molar-refractivity contribution in [3.05, 3.63) is 52.0 Å². The standard InChI is InChI=1S/C19H17BrN2O4/c1-24-16-10-18(26-3)17(25-2)9-12(16)8-13(11-21)19(23)22-15-7-5-4-6-14(15)20/h4-10H,1-3H3,(H,22,23)/b13-8+. The zero-order valence-corrected chi connectivity index (χ0v) is 16.1. The second-order valence-electron chi connectivity index (χ2n) is 5.05. The summed E-state index contributed by atoms with van der Waals surface area (Å²) in [6.07, 6.45) is 1.44. The van der Waals surface area contributed by atoms with Gasteiger partial charge in [-0.2, -0.15) is 5.26 Å². The maximum absolute atomic E-state index is 12.5. The molecule has 0 spiro atoms. The fourth-order valence-electron chi connectivity index (χ4n) is 2.22. The van der Waals surface area contributed by atoms with E-state index in [0.29, 0.717) is 33.0 Å². The molecule has 0 unspecified atom stereocenters. The van der Waals surface area contributed by atoms with Crippen molar-refractivity contribution in [2.45, 2.75) is 0 Å². The molecule has 1 N–H and O–H groups in total. The number of nitriles is 1. The van der Waals surface area contributed by atoms with E-state index in [1.165, 1.54) is 27.4 Å². The van der Waals surface area contributed by atoms with Gasteiger partial charge in [-0.15, -0.1) is 0 Å². The van der Waals surface area contributed by atoms with Gasteiger partial charge in [-0.3, -0.25) is 4.79 Å². The lowest BCUT2D eigenvalue weighted by molar-refractivity contribution is -0.112. The molecular weight excluding hydrogens is 400 g/mol. The van der Waals surface area contributed by atoms with E-state index in [2.05, 4.69) is 21.2 Å². The number of nitrogens with zero attached hydrogens (tertiary/aromatic N) is 1. The molecule has 2 aromatic rings. The van der Waals surface area contributed by atoms with Crippen LogP contribution in [0.2, 0.25) is 0 Å². The van der Waals surface area contributed by atoms with Gasteiger partial charge in [0.1, 0.15) is 17.4 Å². The van der Waals surface area contributed by atoms with Gasteiger partial charge in [0.2, 0.25) is 0 Å². The van der Waals surface area contributed by atoms with Crippen LogP contribution in [0.15, 0.2) is 46.4 Å². The molecule has 7 heteroatoms. The Bertz CT molecular complexity index is 888. The van der Waals surface area contributed by atoms with E-state index in [9.17, 15) is 10.1 Å². The van der Waals surface area contributed by atoms with Crippen LogP contribution in [0.3, 0.4) is 0 Å². The lowest BCUT2D eigenvalue weighted by Gasteiger charge is -2.12. The van der Waals surface area contributed by atoms with E-state index in [4.69, 9.17) is 14.2 Å². The van der Waals surface area contributed by atoms with Crippen molar-refractivity contribution in [3.63, 3.8) is 0 Å². The Balaban J connectivity index is 2.40. The van der Waals surface area contributed by atoms with Gasteiger partial charge < -0.3 is 19.5 Å². The molecule has 0 saturated heterocycles. The number of hydrogen-bond donors (Lipinski definition) is 1. The SMILES string of the molecule is COc1cc(OC)c(OC)cc1/C=C(\C#N)C(=O)Nc1ccccc1Br. The number of carbonyl (C=O) groups excluding carboxylic acids is 1. The summed E-state index contributed by atoms with van der Waals surface area (Å²) in [4.78, 5) is 12.5. The average Bonchev–Trinajstić information content (AvgIpc) is 2.66. The van der Waals surface area contributed by atoms with Crippen molar-refractivity contribution in [2.75, 3.05) is 26.6 Å². The van der Waals surface area contributed by atoms with E-state index < -0.39 is 5.91 Å². The summed E-state index contributed by atoms with van der Waals surface area (Å²) < 4.78 is 16.5. The molecule has 0 aromatic heterocycles. The second-order valence-corrected chi connectivity index (χ2v) is 5.91. The van der Waals surface area contributed by atoms with Crippen LogP contribution in [0.25, 0.3) is 6.08 Å². The van der Waals surface area contributed by atoms with Crippen LogP contribution in [0, 0.1) is 11.3 Å². The van der Waals surface area contributed by atoms with Gasteiger partial charge in [-0.25, -0.2) is 0 Å². The van der Waals surface area contributed by atoms with E-state index in [0.717, 1.165) is 0 Å². The number of amides is 1. The van der Waals surface area contributed by atoms with Crippen LogP contribution in [0.4, 0.5) is 5.69 Å². The van der Waals surface area contributed by atoms with Crippen molar-refractivity contribution in [1.82, 2.24) is 0 Å². The molecule has 0 aliphatic rings. The summed E-state index contributed by atoms with van der Waals surface area (Å²) in [5.74, 6) is 0.862. The van der Waals surface area contributed by atoms with Crippen LogP contribution in [0.1, 0.15) is 5.56 Å². The third-order valence-electron chi connectivity index (χ3n) is 3.52. The summed E-state index contributed by atoms with van der Waals surface area (Å²) in [5, 5.41) is 12.1. The third kappa shape index (κ3) is 4.35. The first-order chi connectivity index (χ1) is 12.5. The highest BCUT2D eigenvalue weighted by atomic mass is 79.9. The third-order valence-corrected chi connectivity index (χ3v) is 4.21. The Morgan fingerprint density at radius 1 is 1.08 bits per heavy atom. The average molecular weight is 417 g/mol. The minimum absolute atomic E-state index is 0.0775. The maximum Gasteiger partial charge on any atom is 0.266 e. The number of anilines is 1. The number of hydrogen-bond acceptors (Lipinski definition) is 5. The Kier molecular flexibility index (Phi) is 6.64. The van der Waals surface area contributed by atoms with Crippen molar-refractivity contribution in [2.24, 2.45) is 0 Å². The van der Waals surface area contributed by atoms with Crippen LogP contribution >= 0.6 is 15.9 Å². The molecule has 0 atom stereocenters. The highest BCUT2D eigenvalue weighted by molar-refractivity contribution is 9.10. The number of para-hydroxylation sites is 1. The van der Waals surface area contributed by atoms with E-state index in [-0.39, 0.29) is 5.57 Å². The predicted octanol–water partition coefficient (Wildman–Crippen LogP) is 4.02. The number of rotatable bonds is 6. The van der Waals surface area contributed by atoms with Gasteiger partial charge in [-0.1, -0.05) is 12.1 Å². The minimum atomic E-state index is -0.531. The molecule has 0 aliphatic heterocycles. The van der Waals surface area contributed by atoms with E-state index in [1.54, 1.807) is 30.3 Å². The lowest BCUT2D eigenvalue weighted by Crippen LogP contribution is -2.13. The van der Waals surface area contributed by atoms with Crippen LogP contribution in [-0.4, -0.2) is 27.2 Å². The minimum Gasteiger partial charge on any atom is -0.496 e. The number of halogens is 1. The number of ether oxygens (including phenoxy) is 3. The summed E-state index contributed by atoms with van der Waals surface area (Å²) in [7, 11) is 4.51. The van der Waals surface area contributed by atoms with E-state index >= 15 is 0 Å². The lowest BCUT2D eigenvalue weighted by atomic mass is 10.1. The predicted molar refractivity (Wildman–Crippen MR) is 102 cm³/mol. The summed E-state index contributed by atoms with van der Waals surface area (Å²) in [5.41, 5.74) is 1.01. The summed E-state index contributed by atoms with van der Waals surface area (Å²) in [6.45, 7) is 0. The molecule has 0 saturated carbocycles. The van der Waals surface area contributed by atoms with Gasteiger partial charge in [0, 0.05) is 16.1 Å². The molecule has 6 nitrogen and oxygen atoms in total. The van der Waals surface area contributed by atoms with Gasteiger partial charge in [0.15, 0.2) is 11.5 Å². The number of nitrogens with one attached hydrogen (secondary N) is 1. The first-order valence-corrected chi connectivity index (χ1v) is 8.31. The molecule has 2 aromatic carbocycles. The molecule has 0 fully saturated rings. The van der Waals surface area contributed by atoms with Crippen molar-refractivity contribution >= 4 is 33.6 Å². The fourth-order valence-corrected chi connectivity index (χ4v) is 2.61. The Morgan fingerprint density at radius 3 is 2.27 bits per heavy atom. The molecule has 0 radical (unpaired) electrons. The topological polar surface area (TPSA) is 80.6 Å². The van der Waals surface area contributed by atoms with Crippen LogP contribution in [0.5, 0.6) is 17.2 Å². The molecule has 0 heterocycles. The van der Waals surface area contributed by atoms with Gasteiger partial charge in [-0.05, 0) is 40.2 Å². The summed E-state index contributed by atoms with van der Waals surface area (Å²) in [6, 6.07) is 12.3. The molecule has 1 amide bonds. The molecule has 2 rings (SSSR count). The van der Waals surface area contributed by atoms with Crippen molar-refractivity contribution in [3.8, 4) is 23.3 Å². The first kappa shape index (κ1) is 19.3. The molecular formula is C19H17BrN2O4. The Labute approximate surface area is 160 Å². The normalized spacial score (nSPS) is 10.7. The Morgan fingerprint density at radius 2 is 1.69 bits per heavy atom. The zero-order valence-electron chi connectivity index (χ0n) is 14.5. The monoisotopic (exact) mass is 416 g/mol. The highest BCUT2D eigenvalue weighted by Gasteiger charge is 2.15. The smallest absolute Gasteiger partial charge is 0.266 e. The maximum atomic E-state index is 12.5. The molecule has 26 heavy (non-hydrogen) atoms. The van der Waals surface area contributed by atoms with Gasteiger partial charge in [0.05, 0.1) is 27.0 Å². The second kappa shape index (κ2) is 8.92. The summed E-state index contributed by atoms with van der Waals surface area (Å²) >= 11 is 3.35. The molecule has 0 bridgehead atoms. The number of methoxy groups -OCH3 is 3. The van der Waals surface area contributed by atoms with Gasteiger partial charge in [0.25, 0.3) is 5.91 Å².